The number of thiophene rings is 1. The van der Waals surface area contributed by atoms with Crippen LogP contribution in [0.5, 0.6) is 17.2 Å². The number of halogens is 1. The third kappa shape index (κ3) is 4.34. The summed E-state index contributed by atoms with van der Waals surface area (Å²) in [5.74, 6) is -0.188. The Kier molecular flexibility index (Phi) is 6.50. The molecule has 0 radical (unpaired) electrons. The van der Waals surface area contributed by atoms with Crippen molar-refractivity contribution in [2.24, 2.45) is 0 Å². The molecule has 1 aromatic heterocycles. The van der Waals surface area contributed by atoms with Crippen LogP contribution in [0, 0.1) is 0 Å². The van der Waals surface area contributed by atoms with Crippen LogP contribution in [0.15, 0.2) is 95.9 Å². The molecule has 1 saturated heterocycles. The number of amides is 1. The van der Waals surface area contributed by atoms with Crippen molar-refractivity contribution in [3.63, 3.8) is 0 Å². The van der Waals surface area contributed by atoms with Gasteiger partial charge in [-0.2, -0.15) is 0 Å². The lowest BCUT2D eigenvalue weighted by Gasteiger charge is -2.24. The van der Waals surface area contributed by atoms with E-state index in [9.17, 15) is 14.7 Å². The molecule has 6 nitrogen and oxygen atoms in total. The van der Waals surface area contributed by atoms with Crippen molar-refractivity contribution in [1.82, 2.24) is 0 Å². The molecule has 2 heterocycles. The molecule has 1 amide bonds. The molecule has 0 aliphatic carbocycles. The van der Waals surface area contributed by atoms with Gasteiger partial charge in [-0.3, -0.25) is 14.5 Å². The van der Waals surface area contributed by atoms with Gasteiger partial charge in [0.05, 0.1) is 17.7 Å². The number of para-hydroxylation sites is 1. The number of nitrogens with zero attached hydrogens (tertiary/aromatic N) is 1. The van der Waals surface area contributed by atoms with E-state index in [-0.39, 0.29) is 11.3 Å². The van der Waals surface area contributed by atoms with Gasteiger partial charge in [0, 0.05) is 16.1 Å². The number of ketones is 1. The maximum Gasteiger partial charge on any atom is 0.300 e. The quantitative estimate of drug-likeness (QED) is 0.172. The molecule has 1 aliphatic rings. The lowest BCUT2D eigenvalue weighted by atomic mass is 9.99. The zero-order valence-electron chi connectivity index (χ0n) is 19.1. The van der Waals surface area contributed by atoms with Crippen molar-refractivity contribution in [3.05, 3.63) is 111 Å². The van der Waals surface area contributed by atoms with E-state index in [2.05, 4.69) is 0 Å². The molecule has 1 aliphatic heterocycles. The predicted molar refractivity (Wildman–Crippen MR) is 140 cm³/mol. The molecule has 0 saturated carbocycles. The summed E-state index contributed by atoms with van der Waals surface area (Å²) in [6, 6.07) is 23.8. The highest BCUT2D eigenvalue weighted by atomic mass is 35.5. The van der Waals surface area contributed by atoms with Crippen LogP contribution in [-0.2, 0) is 9.59 Å². The molecule has 1 N–H and O–H groups in total. The number of aliphatic hydroxyl groups excluding tert-OH is 1. The number of hydrogen-bond acceptors (Lipinski definition) is 6. The fourth-order valence-corrected chi connectivity index (χ4v) is 5.10. The minimum atomic E-state index is -0.799. The van der Waals surface area contributed by atoms with Crippen LogP contribution in [0.3, 0.4) is 0 Å². The molecule has 1 fully saturated rings. The molecule has 0 spiro atoms. The molecule has 8 heteroatoms. The van der Waals surface area contributed by atoms with Crippen molar-refractivity contribution in [2.75, 3.05) is 12.0 Å². The first-order valence-corrected chi connectivity index (χ1v) is 12.2. The first-order valence-electron chi connectivity index (χ1n) is 11.0. The summed E-state index contributed by atoms with van der Waals surface area (Å²) >= 11 is 7.52. The van der Waals surface area contributed by atoms with Crippen LogP contribution < -0.4 is 14.4 Å². The van der Waals surface area contributed by atoms with Crippen molar-refractivity contribution >= 4 is 46.1 Å². The number of carbonyl (C=O) groups excluding carboxylic acids is 2. The van der Waals surface area contributed by atoms with Gasteiger partial charge in [-0.15, -0.1) is 11.3 Å². The minimum Gasteiger partial charge on any atom is -0.507 e. The van der Waals surface area contributed by atoms with E-state index in [1.807, 2.05) is 47.8 Å². The van der Waals surface area contributed by atoms with Crippen molar-refractivity contribution in [1.29, 1.82) is 0 Å². The van der Waals surface area contributed by atoms with E-state index in [0.29, 0.717) is 33.5 Å². The lowest BCUT2D eigenvalue weighted by molar-refractivity contribution is -0.132. The molecule has 1 atom stereocenters. The van der Waals surface area contributed by atoms with Crippen molar-refractivity contribution in [2.45, 2.75) is 6.04 Å². The van der Waals surface area contributed by atoms with Gasteiger partial charge in [-0.25, -0.2) is 0 Å². The second-order valence-corrected chi connectivity index (χ2v) is 9.33. The molecular weight excluding hydrogens is 498 g/mol. The van der Waals surface area contributed by atoms with Crippen LogP contribution in [0.1, 0.15) is 16.5 Å². The molecule has 36 heavy (non-hydrogen) atoms. The van der Waals surface area contributed by atoms with Gasteiger partial charge in [0.1, 0.15) is 29.0 Å². The topological polar surface area (TPSA) is 76.1 Å². The van der Waals surface area contributed by atoms with Crippen LogP contribution >= 0.6 is 22.9 Å². The molecule has 3 aromatic carbocycles. The number of rotatable bonds is 6. The second-order valence-electron chi connectivity index (χ2n) is 7.94. The fourth-order valence-electron chi connectivity index (χ4n) is 4.08. The maximum atomic E-state index is 13.3. The van der Waals surface area contributed by atoms with Crippen LogP contribution in [0.25, 0.3) is 5.76 Å². The SMILES string of the molecule is COc1cc(/C(O)=C2/C(=O)C(=O)N(c3ccc(Oc4ccccc4)cc3)C2c2cccs2)ccc1Cl. The van der Waals surface area contributed by atoms with Crippen molar-refractivity contribution in [3.8, 4) is 17.2 Å². The smallest absolute Gasteiger partial charge is 0.300 e. The number of methoxy groups -OCH3 is 1. The zero-order chi connectivity index (χ0) is 25.2. The molecule has 1 unspecified atom stereocenters. The largest absolute Gasteiger partial charge is 0.507 e. The summed E-state index contributed by atoms with van der Waals surface area (Å²) in [7, 11) is 1.46. The first-order chi connectivity index (χ1) is 17.5. The summed E-state index contributed by atoms with van der Waals surface area (Å²) in [5.41, 5.74) is 0.822. The Hall–Kier alpha value is -4.07. The van der Waals surface area contributed by atoms with Gasteiger partial charge >= 0.3 is 0 Å². The monoisotopic (exact) mass is 517 g/mol. The third-order valence-electron chi connectivity index (χ3n) is 5.78. The van der Waals surface area contributed by atoms with E-state index in [4.69, 9.17) is 21.1 Å². The highest BCUT2D eigenvalue weighted by molar-refractivity contribution is 7.10. The highest BCUT2D eigenvalue weighted by Crippen LogP contribution is 2.44. The number of ether oxygens (including phenoxy) is 2. The van der Waals surface area contributed by atoms with E-state index < -0.39 is 17.7 Å². The Morgan fingerprint density at radius 3 is 2.33 bits per heavy atom. The van der Waals surface area contributed by atoms with Gasteiger partial charge in [0.25, 0.3) is 11.7 Å². The van der Waals surface area contributed by atoms with Gasteiger partial charge < -0.3 is 14.6 Å². The Labute approximate surface area is 216 Å². The van der Waals surface area contributed by atoms with Gasteiger partial charge in [0.15, 0.2) is 0 Å². The molecule has 180 valence electrons. The fraction of sp³-hybridized carbons (Fsp3) is 0.0714. The zero-order valence-corrected chi connectivity index (χ0v) is 20.6. The van der Waals surface area contributed by atoms with E-state index in [1.54, 1.807) is 36.4 Å². The Balaban J connectivity index is 1.56. The summed E-state index contributed by atoms with van der Waals surface area (Å²) < 4.78 is 11.1. The van der Waals surface area contributed by atoms with E-state index in [1.165, 1.54) is 29.4 Å². The van der Waals surface area contributed by atoms with Gasteiger partial charge in [-0.05, 0) is 66.0 Å². The van der Waals surface area contributed by atoms with Crippen LogP contribution in [-0.4, -0.2) is 23.9 Å². The third-order valence-corrected chi connectivity index (χ3v) is 7.01. The summed E-state index contributed by atoms with van der Waals surface area (Å²) in [4.78, 5) is 28.7. The summed E-state index contributed by atoms with van der Waals surface area (Å²) in [6.07, 6.45) is 0. The second kappa shape index (κ2) is 9.89. The Morgan fingerprint density at radius 1 is 0.944 bits per heavy atom. The standard InChI is InChI=1S/C28H20ClNO5S/c1-34-22-16-17(9-14-21(22)29)26(31)24-25(23-8-5-15-36-23)30(28(33)27(24)32)18-10-12-20(13-11-18)35-19-6-3-2-4-7-19/h2-16,25,31H,1H3/b26-24-. The highest BCUT2D eigenvalue weighted by Gasteiger charge is 2.47. The number of anilines is 1. The van der Waals surface area contributed by atoms with E-state index >= 15 is 0 Å². The molecule has 5 rings (SSSR count). The number of aliphatic hydroxyl groups is 1. The number of carbonyl (C=O) groups is 2. The lowest BCUT2D eigenvalue weighted by Crippen LogP contribution is -2.29. The molecular formula is C28H20ClNO5S. The Morgan fingerprint density at radius 2 is 1.67 bits per heavy atom. The van der Waals surface area contributed by atoms with Gasteiger partial charge in [-0.1, -0.05) is 35.9 Å². The minimum absolute atomic E-state index is 0.00330. The maximum absolute atomic E-state index is 13.3. The van der Waals surface area contributed by atoms with Crippen LogP contribution in [0.2, 0.25) is 5.02 Å². The number of benzene rings is 3. The number of hydrogen-bond donors (Lipinski definition) is 1. The number of Topliss-reactive ketones (excluding diaryl/α,β-unsaturated/α-hetero) is 1. The predicted octanol–water partition coefficient (Wildman–Crippen LogP) is 6.83. The van der Waals surface area contributed by atoms with Crippen LogP contribution in [0.4, 0.5) is 5.69 Å². The average Bonchev–Trinajstić information content (AvgIpc) is 3.52. The first kappa shape index (κ1) is 23.7. The normalized spacial score (nSPS) is 16.8. The Bertz CT molecular complexity index is 1450. The van der Waals surface area contributed by atoms with E-state index in [0.717, 1.165) is 4.88 Å². The summed E-state index contributed by atoms with van der Waals surface area (Å²) in [6.45, 7) is 0. The van der Waals surface area contributed by atoms with Crippen molar-refractivity contribution < 1.29 is 24.2 Å². The average molecular weight is 518 g/mol. The molecule has 0 bridgehead atoms. The summed E-state index contributed by atoms with van der Waals surface area (Å²) in [5, 5.41) is 13.4. The van der Waals surface area contributed by atoms with Gasteiger partial charge in [0.2, 0.25) is 0 Å². The molecule has 4 aromatic rings.